The van der Waals surface area contributed by atoms with Gasteiger partial charge in [0.15, 0.2) is 0 Å². The second-order valence-corrected chi connectivity index (χ2v) is 9.84. The van der Waals surface area contributed by atoms with Crippen LogP contribution in [0.1, 0.15) is 62.9 Å². The van der Waals surface area contributed by atoms with Crippen LogP contribution < -0.4 is 15.4 Å². The van der Waals surface area contributed by atoms with Crippen LogP contribution in [0.3, 0.4) is 0 Å². The first-order valence-corrected chi connectivity index (χ1v) is 13.0. The first-order chi connectivity index (χ1) is 18.4. The molecule has 198 valence electrons. The summed E-state index contributed by atoms with van der Waals surface area (Å²) in [5.41, 5.74) is 4.78. The van der Waals surface area contributed by atoms with E-state index in [2.05, 4.69) is 22.8 Å². The van der Waals surface area contributed by atoms with Crippen LogP contribution in [0, 0.1) is 5.82 Å². The smallest absolute Gasteiger partial charge is 0.255 e. The first kappa shape index (κ1) is 25.9. The quantitative estimate of drug-likeness (QED) is 0.424. The number of fused-ring (bicyclic) bond motifs is 2. The van der Waals surface area contributed by atoms with Gasteiger partial charge in [-0.3, -0.25) is 9.59 Å². The number of aliphatic hydroxyl groups is 1. The van der Waals surface area contributed by atoms with Gasteiger partial charge in [-0.1, -0.05) is 36.4 Å². The number of carbonyl (C=O) groups excluding carboxylic acids is 2. The lowest BCUT2D eigenvalue weighted by atomic mass is 9.93. The van der Waals surface area contributed by atoms with Gasteiger partial charge in [0.25, 0.3) is 11.8 Å². The molecule has 0 saturated heterocycles. The number of nitrogens with one attached hydrogen (secondary N) is 2. The molecule has 3 aromatic carbocycles. The maximum atomic E-state index is 13.4. The fraction of sp³-hybridized carbons (Fsp3) is 0.333. The molecule has 3 atom stereocenters. The molecule has 0 aliphatic carbocycles. The zero-order chi connectivity index (χ0) is 26.8. The van der Waals surface area contributed by atoms with E-state index in [9.17, 15) is 19.1 Å². The summed E-state index contributed by atoms with van der Waals surface area (Å²) >= 11 is 0. The predicted molar refractivity (Wildman–Crippen MR) is 141 cm³/mol. The van der Waals surface area contributed by atoms with Crippen LogP contribution in [-0.4, -0.2) is 47.1 Å². The molecule has 0 bridgehead atoms. The highest BCUT2D eigenvalue weighted by atomic mass is 19.1. The third-order valence-corrected chi connectivity index (χ3v) is 7.45. The van der Waals surface area contributed by atoms with Crippen molar-refractivity contribution in [2.24, 2.45) is 0 Å². The van der Waals surface area contributed by atoms with Crippen molar-refractivity contribution in [3.8, 4) is 5.75 Å². The van der Waals surface area contributed by atoms with Crippen LogP contribution in [0.25, 0.3) is 0 Å². The van der Waals surface area contributed by atoms with Gasteiger partial charge in [-0.25, -0.2) is 4.39 Å². The second kappa shape index (κ2) is 10.9. The zero-order valence-electron chi connectivity index (χ0n) is 21.5. The Morgan fingerprint density at radius 2 is 1.89 bits per heavy atom. The number of hydrogen-bond acceptors (Lipinski definition) is 5. The van der Waals surface area contributed by atoms with E-state index >= 15 is 0 Å². The fourth-order valence-electron chi connectivity index (χ4n) is 5.24. The molecule has 2 heterocycles. The van der Waals surface area contributed by atoms with Crippen molar-refractivity contribution in [1.29, 1.82) is 0 Å². The average Bonchev–Trinajstić information content (AvgIpc) is 3.26. The Balaban J connectivity index is 1.29. The van der Waals surface area contributed by atoms with Crippen LogP contribution in [0.5, 0.6) is 5.75 Å². The Kier molecular flexibility index (Phi) is 7.44. The Bertz CT molecular complexity index is 1340. The molecule has 2 aliphatic rings. The van der Waals surface area contributed by atoms with Crippen molar-refractivity contribution in [1.82, 2.24) is 15.5 Å². The van der Waals surface area contributed by atoms with Gasteiger partial charge in [-0.05, 0) is 66.8 Å². The topological polar surface area (TPSA) is 90.9 Å². The number of amides is 2. The van der Waals surface area contributed by atoms with E-state index in [0.29, 0.717) is 43.0 Å². The van der Waals surface area contributed by atoms with E-state index in [1.807, 2.05) is 26.0 Å². The van der Waals surface area contributed by atoms with E-state index in [1.54, 1.807) is 29.2 Å². The molecule has 2 aliphatic heterocycles. The zero-order valence-corrected chi connectivity index (χ0v) is 21.5. The summed E-state index contributed by atoms with van der Waals surface area (Å²) in [7, 11) is 0. The molecule has 8 heteroatoms. The van der Waals surface area contributed by atoms with Crippen molar-refractivity contribution in [2.75, 3.05) is 13.2 Å². The van der Waals surface area contributed by atoms with Crippen LogP contribution in [0.4, 0.5) is 4.39 Å². The minimum Gasteiger partial charge on any atom is -0.493 e. The van der Waals surface area contributed by atoms with E-state index in [-0.39, 0.29) is 36.3 Å². The predicted octanol–water partition coefficient (Wildman–Crippen LogP) is 3.75. The highest BCUT2D eigenvalue weighted by molar-refractivity contribution is 6.03. The van der Waals surface area contributed by atoms with Gasteiger partial charge < -0.3 is 25.4 Å². The van der Waals surface area contributed by atoms with E-state index in [0.717, 1.165) is 11.1 Å². The molecule has 3 N–H and O–H groups in total. The van der Waals surface area contributed by atoms with Gasteiger partial charge in [0.1, 0.15) is 11.6 Å². The highest BCUT2D eigenvalue weighted by Crippen LogP contribution is 2.35. The lowest BCUT2D eigenvalue weighted by Gasteiger charge is -2.30. The van der Waals surface area contributed by atoms with Crippen LogP contribution in [0.2, 0.25) is 0 Å². The molecule has 0 spiro atoms. The number of aliphatic hydroxyl groups excluding tert-OH is 1. The second-order valence-electron chi connectivity index (χ2n) is 9.84. The van der Waals surface area contributed by atoms with Gasteiger partial charge in [0, 0.05) is 31.2 Å². The van der Waals surface area contributed by atoms with Crippen LogP contribution in [0.15, 0.2) is 60.7 Å². The third kappa shape index (κ3) is 5.14. The summed E-state index contributed by atoms with van der Waals surface area (Å²) < 4.78 is 19.1. The maximum absolute atomic E-state index is 13.4. The summed E-state index contributed by atoms with van der Waals surface area (Å²) in [6, 6.07) is 17.1. The summed E-state index contributed by atoms with van der Waals surface area (Å²) in [4.78, 5) is 28.2. The number of benzene rings is 3. The molecule has 3 unspecified atom stereocenters. The average molecular weight is 518 g/mol. The van der Waals surface area contributed by atoms with E-state index < -0.39 is 6.10 Å². The normalized spacial score (nSPS) is 17.9. The number of nitrogens with zero attached hydrogens (tertiary/aromatic N) is 1. The summed E-state index contributed by atoms with van der Waals surface area (Å²) in [5.74, 6) is -0.538. The van der Waals surface area contributed by atoms with Gasteiger partial charge in [-0.15, -0.1) is 0 Å². The summed E-state index contributed by atoms with van der Waals surface area (Å²) in [5, 5.41) is 17.0. The number of carbonyl (C=O) groups is 2. The molecular weight excluding hydrogens is 485 g/mol. The van der Waals surface area contributed by atoms with E-state index in [1.165, 1.54) is 23.3 Å². The number of halogens is 1. The maximum Gasteiger partial charge on any atom is 0.255 e. The Labute approximate surface area is 221 Å². The van der Waals surface area contributed by atoms with Crippen molar-refractivity contribution in [3.63, 3.8) is 0 Å². The molecule has 2 amide bonds. The van der Waals surface area contributed by atoms with E-state index in [4.69, 9.17) is 4.74 Å². The van der Waals surface area contributed by atoms with Gasteiger partial charge in [-0.2, -0.15) is 0 Å². The fourth-order valence-corrected chi connectivity index (χ4v) is 5.24. The lowest BCUT2D eigenvalue weighted by molar-refractivity contribution is 0.0715. The summed E-state index contributed by atoms with van der Waals surface area (Å²) in [6.07, 6.45) is -0.0913. The van der Waals surface area contributed by atoms with Gasteiger partial charge in [0.2, 0.25) is 0 Å². The van der Waals surface area contributed by atoms with Crippen LogP contribution >= 0.6 is 0 Å². The molecule has 3 aromatic rings. The Morgan fingerprint density at radius 3 is 2.63 bits per heavy atom. The SMILES string of the molecule is CCOc1cc2c(cc1C(=O)NCC(O)C1Cc3ccccc3CN1)CN(C(C)c1ccc(F)cc1)C2=O. The van der Waals surface area contributed by atoms with Crippen molar-refractivity contribution in [3.05, 3.63) is 99.9 Å². The molecule has 0 aromatic heterocycles. The Hall–Kier alpha value is -3.75. The van der Waals surface area contributed by atoms with Gasteiger partial charge >= 0.3 is 0 Å². The van der Waals surface area contributed by atoms with Crippen molar-refractivity contribution >= 4 is 11.8 Å². The monoisotopic (exact) mass is 517 g/mol. The minimum absolute atomic E-state index is 0.0774. The number of hydrogen-bond donors (Lipinski definition) is 3. The largest absolute Gasteiger partial charge is 0.493 e. The first-order valence-electron chi connectivity index (χ1n) is 13.0. The van der Waals surface area contributed by atoms with Crippen molar-refractivity contribution in [2.45, 2.75) is 51.5 Å². The summed E-state index contributed by atoms with van der Waals surface area (Å²) in [6.45, 7) is 5.12. The number of rotatable bonds is 8. The Morgan fingerprint density at radius 1 is 1.16 bits per heavy atom. The van der Waals surface area contributed by atoms with Crippen molar-refractivity contribution < 1.29 is 23.8 Å². The molecule has 38 heavy (non-hydrogen) atoms. The molecule has 0 fully saturated rings. The van der Waals surface area contributed by atoms with Crippen LogP contribution in [-0.2, 0) is 19.5 Å². The minimum atomic E-state index is -0.772. The molecule has 0 radical (unpaired) electrons. The molecular formula is C30H32FN3O4. The molecule has 7 nitrogen and oxygen atoms in total. The molecule has 0 saturated carbocycles. The third-order valence-electron chi connectivity index (χ3n) is 7.45. The van der Waals surface area contributed by atoms with Gasteiger partial charge in [0.05, 0.1) is 24.3 Å². The lowest BCUT2D eigenvalue weighted by Crippen LogP contribution is -2.49. The molecule has 5 rings (SSSR count). The number of ether oxygens (including phenoxy) is 1. The standard InChI is InChI=1S/C30H32FN3O4/c1-3-38-28-14-24-22(17-34(30(24)37)18(2)19-8-10-23(31)11-9-19)12-25(28)29(36)33-16-27(35)26-13-20-6-4-5-7-21(20)15-32-26/h4-12,14,18,26-27,32,35H,3,13,15-17H2,1-2H3,(H,33,36). The highest BCUT2D eigenvalue weighted by Gasteiger charge is 2.34.